The molecule has 0 unspecified atom stereocenters. The number of nitrogens with zero attached hydrogens (tertiary/aromatic N) is 3. The summed E-state index contributed by atoms with van der Waals surface area (Å²) in [5.74, 6) is 1.52. The molecule has 25 heavy (non-hydrogen) atoms. The molecule has 1 heterocycles. The van der Waals surface area contributed by atoms with Crippen LogP contribution in [0, 0.1) is 6.92 Å². The fourth-order valence-electron chi connectivity index (χ4n) is 2.35. The summed E-state index contributed by atoms with van der Waals surface area (Å²) in [6.07, 6.45) is 1.20. The fraction of sp³-hybridized carbons (Fsp3) is 0.222. The van der Waals surface area contributed by atoms with Gasteiger partial charge in [0.15, 0.2) is 20.8 Å². The molecule has 0 spiro atoms. The Morgan fingerprint density at radius 1 is 1.04 bits per heavy atom. The summed E-state index contributed by atoms with van der Waals surface area (Å²) < 4.78 is 25.0. The maximum atomic E-state index is 11.6. The highest BCUT2D eigenvalue weighted by Gasteiger charge is 2.14. The smallest absolute Gasteiger partial charge is 0.191 e. The van der Waals surface area contributed by atoms with E-state index in [0.717, 1.165) is 22.2 Å². The lowest BCUT2D eigenvalue weighted by molar-refractivity contribution is 0.602. The number of rotatable bonds is 5. The first-order valence-electron chi connectivity index (χ1n) is 7.86. The molecule has 0 saturated carbocycles. The van der Waals surface area contributed by atoms with Gasteiger partial charge in [0.1, 0.15) is 0 Å². The molecule has 0 saturated heterocycles. The molecule has 0 aliphatic carbocycles. The van der Waals surface area contributed by atoms with E-state index >= 15 is 0 Å². The van der Waals surface area contributed by atoms with Crippen LogP contribution in [0.15, 0.2) is 58.6 Å². The quantitative estimate of drug-likeness (QED) is 0.637. The zero-order valence-electron chi connectivity index (χ0n) is 14.3. The number of thioether (sulfide) groups is 1. The summed E-state index contributed by atoms with van der Waals surface area (Å²) >= 11 is 1.60. The molecule has 0 bridgehead atoms. The highest BCUT2D eigenvalue weighted by molar-refractivity contribution is 7.99. The van der Waals surface area contributed by atoms with E-state index < -0.39 is 9.84 Å². The van der Waals surface area contributed by atoms with Crippen LogP contribution in [0.25, 0.3) is 17.1 Å². The summed E-state index contributed by atoms with van der Waals surface area (Å²) in [7, 11) is -3.21. The number of benzene rings is 2. The molecule has 7 heteroatoms. The molecular weight excluding hydrogens is 354 g/mol. The largest absolute Gasteiger partial charge is 0.224 e. The van der Waals surface area contributed by atoms with Gasteiger partial charge < -0.3 is 0 Å². The Hall–Kier alpha value is -2.12. The predicted octanol–water partition coefficient (Wildman–Crippen LogP) is 3.76. The Morgan fingerprint density at radius 2 is 1.68 bits per heavy atom. The number of hydrogen-bond donors (Lipinski definition) is 0. The van der Waals surface area contributed by atoms with Gasteiger partial charge in [0, 0.05) is 11.8 Å². The van der Waals surface area contributed by atoms with E-state index in [0.29, 0.717) is 10.7 Å². The Kier molecular flexibility index (Phi) is 4.96. The van der Waals surface area contributed by atoms with E-state index in [-0.39, 0.29) is 0 Å². The van der Waals surface area contributed by atoms with Gasteiger partial charge in [-0.3, -0.25) is 0 Å². The van der Waals surface area contributed by atoms with Crippen molar-refractivity contribution in [3.05, 3.63) is 54.1 Å². The van der Waals surface area contributed by atoms with Gasteiger partial charge in [0.25, 0.3) is 0 Å². The third kappa shape index (κ3) is 3.93. The maximum absolute atomic E-state index is 11.6. The van der Waals surface area contributed by atoms with Crippen LogP contribution in [0.3, 0.4) is 0 Å². The van der Waals surface area contributed by atoms with Crippen LogP contribution >= 0.6 is 11.8 Å². The van der Waals surface area contributed by atoms with E-state index in [4.69, 9.17) is 0 Å². The second kappa shape index (κ2) is 7.01. The highest BCUT2D eigenvalue weighted by Crippen LogP contribution is 2.25. The molecule has 0 aliphatic heterocycles. The Bertz CT molecular complexity index is 976. The van der Waals surface area contributed by atoms with E-state index in [1.165, 1.54) is 11.8 Å². The molecule has 0 radical (unpaired) electrons. The average molecular weight is 374 g/mol. The minimum atomic E-state index is -3.21. The lowest BCUT2D eigenvalue weighted by Crippen LogP contribution is -2.01. The summed E-state index contributed by atoms with van der Waals surface area (Å²) in [6, 6.07) is 14.8. The number of hydrogen-bond acceptors (Lipinski definition) is 5. The number of aromatic nitrogens is 3. The molecule has 130 valence electrons. The van der Waals surface area contributed by atoms with E-state index in [2.05, 4.69) is 17.0 Å². The lowest BCUT2D eigenvalue weighted by Gasteiger charge is -2.05. The molecule has 0 atom stereocenters. The standard InChI is InChI=1S/C18H19N3O2S2/c1-4-24-18-19-17(14-7-5-13(2)6-8-14)20-21(18)15-9-11-16(12-10-15)25(3,22)23/h5-12H,4H2,1-3H3. The van der Waals surface area contributed by atoms with Crippen LogP contribution in [0.2, 0.25) is 0 Å². The fourth-order valence-corrected chi connectivity index (χ4v) is 3.66. The molecule has 1 aromatic heterocycles. The summed E-state index contributed by atoms with van der Waals surface area (Å²) in [5, 5.41) is 5.41. The second-order valence-corrected chi connectivity index (χ2v) is 8.94. The van der Waals surface area contributed by atoms with E-state index in [1.54, 1.807) is 40.7 Å². The van der Waals surface area contributed by atoms with Crippen molar-refractivity contribution in [2.24, 2.45) is 0 Å². The predicted molar refractivity (Wildman–Crippen MR) is 101 cm³/mol. The van der Waals surface area contributed by atoms with Crippen LogP contribution < -0.4 is 0 Å². The Balaban J connectivity index is 2.04. The molecule has 3 aromatic rings. The van der Waals surface area contributed by atoms with Crippen molar-refractivity contribution in [2.75, 3.05) is 12.0 Å². The molecule has 0 fully saturated rings. The maximum Gasteiger partial charge on any atom is 0.191 e. The molecule has 0 amide bonds. The summed E-state index contributed by atoms with van der Waals surface area (Å²) in [5.41, 5.74) is 2.92. The van der Waals surface area contributed by atoms with Crippen molar-refractivity contribution < 1.29 is 8.42 Å². The summed E-state index contributed by atoms with van der Waals surface area (Å²) in [6.45, 7) is 4.10. The van der Waals surface area contributed by atoms with Gasteiger partial charge in [0.2, 0.25) is 0 Å². The van der Waals surface area contributed by atoms with Crippen molar-refractivity contribution in [3.63, 3.8) is 0 Å². The first-order chi connectivity index (χ1) is 11.9. The monoisotopic (exact) mass is 373 g/mol. The van der Waals surface area contributed by atoms with Crippen molar-refractivity contribution >= 4 is 21.6 Å². The average Bonchev–Trinajstić information content (AvgIpc) is 2.99. The minimum Gasteiger partial charge on any atom is -0.224 e. The first-order valence-corrected chi connectivity index (χ1v) is 10.7. The highest BCUT2D eigenvalue weighted by atomic mass is 32.2. The third-order valence-electron chi connectivity index (χ3n) is 3.67. The van der Waals surface area contributed by atoms with Crippen LogP contribution in [-0.2, 0) is 9.84 Å². The Morgan fingerprint density at radius 3 is 2.24 bits per heavy atom. The van der Waals surface area contributed by atoms with Crippen molar-refractivity contribution in [3.8, 4) is 17.1 Å². The van der Waals surface area contributed by atoms with Gasteiger partial charge in [-0.25, -0.2) is 18.1 Å². The second-order valence-electron chi connectivity index (χ2n) is 5.69. The van der Waals surface area contributed by atoms with Crippen molar-refractivity contribution in [1.29, 1.82) is 0 Å². The molecule has 5 nitrogen and oxygen atoms in total. The van der Waals surface area contributed by atoms with Crippen LogP contribution in [-0.4, -0.2) is 35.2 Å². The normalized spacial score (nSPS) is 11.6. The topological polar surface area (TPSA) is 64.8 Å². The van der Waals surface area contributed by atoms with Gasteiger partial charge in [-0.05, 0) is 36.9 Å². The SMILES string of the molecule is CCSc1nc(-c2ccc(C)cc2)nn1-c1ccc(S(C)(=O)=O)cc1. The number of aryl methyl sites for hydroxylation is 1. The molecular formula is C18H19N3O2S2. The van der Waals surface area contributed by atoms with Gasteiger partial charge in [-0.2, -0.15) is 0 Å². The third-order valence-corrected chi connectivity index (χ3v) is 5.61. The van der Waals surface area contributed by atoms with Crippen LogP contribution in [0.5, 0.6) is 0 Å². The molecule has 0 N–H and O–H groups in total. The minimum absolute atomic E-state index is 0.291. The Labute approximate surface area is 152 Å². The molecule has 3 rings (SSSR count). The van der Waals surface area contributed by atoms with Gasteiger partial charge in [-0.15, -0.1) is 5.10 Å². The van der Waals surface area contributed by atoms with Gasteiger partial charge >= 0.3 is 0 Å². The summed E-state index contributed by atoms with van der Waals surface area (Å²) in [4.78, 5) is 4.94. The van der Waals surface area contributed by atoms with Crippen LogP contribution in [0.4, 0.5) is 0 Å². The van der Waals surface area contributed by atoms with Gasteiger partial charge in [0.05, 0.1) is 10.6 Å². The van der Waals surface area contributed by atoms with Crippen LogP contribution in [0.1, 0.15) is 12.5 Å². The van der Waals surface area contributed by atoms with Crippen molar-refractivity contribution in [1.82, 2.24) is 14.8 Å². The van der Waals surface area contributed by atoms with E-state index in [1.807, 2.05) is 31.2 Å². The van der Waals surface area contributed by atoms with Gasteiger partial charge in [-0.1, -0.05) is 48.5 Å². The zero-order chi connectivity index (χ0) is 18.0. The lowest BCUT2D eigenvalue weighted by atomic mass is 10.1. The first kappa shape index (κ1) is 17.7. The van der Waals surface area contributed by atoms with Crippen molar-refractivity contribution in [2.45, 2.75) is 23.9 Å². The molecule has 0 aliphatic rings. The number of sulfone groups is 1. The van der Waals surface area contributed by atoms with E-state index in [9.17, 15) is 8.42 Å². The zero-order valence-corrected chi connectivity index (χ0v) is 15.9. The molecule has 2 aromatic carbocycles.